The third kappa shape index (κ3) is 2.10. The highest BCUT2D eigenvalue weighted by Crippen LogP contribution is 2.15. The molecule has 0 aromatic rings. The van der Waals surface area contributed by atoms with E-state index in [-0.39, 0.29) is 30.6 Å². The van der Waals surface area contributed by atoms with Crippen molar-refractivity contribution in [1.82, 2.24) is 15.5 Å². The van der Waals surface area contributed by atoms with Gasteiger partial charge in [0.15, 0.2) is 0 Å². The van der Waals surface area contributed by atoms with Crippen LogP contribution in [0, 0.1) is 0 Å². The Labute approximate surface area is 87.9 Å². The molecule has 2 N–H and O–H groups in total. The summed E-state index contributed by atoms with van der Waals surface area (Å²) in [6, 6.07) is -0.114. The highest BCUT2D eigenvalue weighted by Gasteiger charge is 2.36. The van der Waals surface area contributed by atoms with Gasteiger partial charge in [-0.15, -0.1) is 0 Å². The van der Waals surface area contributed by atoms with E-state index in [1.165, 1.54) is 7.11 Å². The van der Waals surface area contributed by atoms with Crippen molar-refractivity contribution in [2.75, 3.05) is 20.2 Å². The summed E-state index contributed by atoms with van der Waals surface area (Å²) >= 11 is 0. The lowest BCUT2D eigenvalue weighted by molar-refractivity contribution is -0.143. The molecule has 2 aliphatic heterocycles. The van der Waals surface area contributed by atoms with Crippen LogP contribution in [0.4, 0.5) is 0 Å². The number of hydrogen-bond acceptors (Lipinski definition) is 5. The Morgan fingerprint density at radius 3 is 3.20 bits per heavy atom. The smallest absolute Gasteiger partial charge is 0.307 e. The van der Waals surface area contributed by atoms with Gasteiger partial charge in [-0.2, -0.15) is 0 Å². The number of esters is 1. The molecule has 0 aromatic heterocycles. The van der Waals surface area contributed by atoms with E-state index >= 15 is 0 Å². The molecule has 2 heterocycles. The number of methoxy groups -OCH3 is 1. The molecule has 1 amide bonds. The second-order valence-corrected chi connectivity index (χ2v) is 3.79. The van der Waals surface area contributed by atoms with E-state index in [1.807, 2.05) is 0 Å². The highest BCUT2D eigenvalue weighted by molar-refractivity contribution is 5.79. The molecule has 2 rings (SSSR count). The van der Waals surface area contributed by atoms with Crippen LogP contribution in [0.5, 0.6) is 0 Å². The first-order valence-electron chi connectivity index (χ1n) is 5.06. The van der Waals surface area contributed by atoms with Gasteiger partial charge in [-0.05, 0) is 0 Å². The molecule has 2 atom stereocenters. The minimum atomic E-state index is -0.285. The average Bonchev–Trinajstić information content (AvgIpc) is 2.66. The number of carbonyl (C=O) groups excluding carboxylic acids is 2. The van der Waals surface area contributed by atoms with Crippen molar-refractivity contribution in [3.63, 3.8) is 0 Å². The zero-order valence-electron chi connectivity index (χ0n) is 8.66. The lowest BCUT2D eigenvalue weighted by atomic mass is 10.1. The van der Waals surface area contributed by atoms with Gasteiger partial charge in [-0.25, -0.2) is 0 Å². The molecule has 0 saturated carbocycles. The lowest BCUT2D eigenvalue weighted by Gasteiger charge is -2.34. The summed E-state index contributed by atoms with van der Waals surface area (Å²) in [5, 5.41) is 6.36. The number of carbonyl (C=O) groups is 2. The molecule has 0 aliphatic carbocycles. The lowest BCUT2D eigenvalue weighted by Crippen LogP contribution is -2.59. The molecule has 0 radical (unpaired) electrons. The number of amides is 1. The number of rotatable bonds is 2. The predicted molar refractivity (Wildman–Crippen MR) is 51.7 cm³/mol. The first kappa shape index (κ1) is 10.4. The maximum atomic E-state index is 11.6. The highest BCUT2D eigenvalue weighted by atomic mass is 16.5. The summed E-state index contributed by atoms with van der Waals surface area (Å²) in [4.78, 5) is 24.5. The Balaban J connectivity index is 1.94. The number of ether oxygens (including phenoxy) is 1. The largest absolute Gasteiger partial charge is 0.469 e. The normalized spacial score (nSPS) is 30.2. The van der Waals surface area contributed by atoms with Crippen molar-refractivity contribution in [1.29, 1.82) is 0 Å². The van der Waals surface area contributed by atoms with Crippen LogP contribution in [-0.2, 0) is 14.3 Å². The Morgan fingerprint density at radius 2 is 2.47 bits per heavy atom. The van der Waals surface area contributed by atoms with Crippen molar-refractivity contribution < 1.29 is 14.3 Å². The third-order valence-corrected chi connectivity index (χ3v) is 2.78. The molecule has 6 nitrogen and oxygen atoms in total. The molecule has 2 saturated heterocycles. The molecule has 2 unspecified atom stereocenters. The van der Waals surface area contributed by atoms with Crippen LogP contribution >= 0.6 is 0 Å². The van der Waals surface area contributed by atoms with Gasteiger partial charge >= 0.3 is 5.97 Å². The first-order chi connectivity index (χ1) is 7.20. The fourth-order valence-electron chi connectivity index (χ4n) is 2.00. The van der Waals surface area contributed by atoms with Crippen LogP contribution in [0.2, 0.25) is 0 Å². The van der Waals surface area contributed by atoms with E-state index in [1.54, 1.807) is 4.90 Å². The molecule has 6 heteroatoms. The van der Waals surface area contributed by atoms with Gasteiger partial charge < -0.3 is 9.64 Å². The average molecular weight is 213 g/mol. The standard InChI is InChI=1S/C9H15N3O3/c1-15-8(14)5-6-4-7(13)12-3-2-10-9(12)11-6/h6,9-11H,2-5H2,1H3. The second kappa shape index (κ2) is 4.16. The van der Waals surface area contributed by atoms with Gasteiger partial charge in [0, 0.05) is 25.6 Å². The van der Waals surface area contributed by atoms with E-state index in [0.717, 1.165) is 13.1 Å². The molecule has 0 spiro atoms. The summed E-state index contributed by atoms with van der Waals surface area (Å²) < 4.78 is 4.58. The Kier molecular flexibility index (Phi) is 2.88. The number of nitrogens with zero attached hydrogens (tertiary/aromatic N) is 1. The van der Waals surface area contributed by atoms with Gasteiger partial charge in [0.1, 0.15) is 6.29 Å². The zero-order chi connectivity index (χ0) is 10.8. The van der Waals surface area contributed by atoms with Crippen LogP contribution in [-0.4, -0.2) is 49.3 Å². The van der Waals surface area contributed by atoms with Crippen LogP contribution in [0.15, 0.2) is 0 Å². The van der Waals surface area contributed by atoms with Crippen molar-refractivity contribution in [2.45, 2.75) is 25.2 Å². The summed E-state index contributed by atoms with van der Waals surface area (Å²) in [7, 11) is 1.35. The first-order valence-corrected chi connectivity index (χ1v) is 5.06. The Hall–Kier alpha value is -1.14. The van der Waals surface area contributed by atoms with E-state index in [2.05, 4.69) is 15.4 Å². The molecule has 84 valence electrons. The van der Waals surface area contributed by atoms with Gasteiger partial charge in [-0.1, -0.05) is 0 Å². The monoisotopic (exact) mass is 213 g/mol. The van der Waals surface area contributed by atoms with Gasteiger partial charge in [0.05, 0.1) is 13.5 Å². The van der Waals surface area contributed by atoms with Crippen molar-refractivity contribution in [3.05, 3.63) is 0 Å². The molecule has 0 bridgehead atoms. The minimum absolute atomic E-state index is 0.0950. The summed E-state index contributed by atoms with van der Waals surface area (Å²) in [6.45, 7) is 1.54. The second-order valence-electron chi connectivity index (χ2n) is 3.79. The summed E-state index contributed by atoms with van der Waals surface area (Å²) in [6.07, 6.45) is 0.502. The van der Waals surface area contributed by atoms with Gasteiger partial charge in [0.25, 0.3) is 0 Å². The van der Waals surface area contributed by atoms with Crippen molar-refractivity contribution in [2.24, 2.45) is 0 Å². The minimum Gasteiger partial charge on any atom is -0.469 e. The Bertz CT molecular complexity index is 282. The number of hydrogen-bond donors (Lipinski definition) is 2. The van der Waals surface area contributed by atoms with Crippen LogP contribution in [0.3, 0.4) is 0 Å². The van der Waals surface area contributed by atoms with E-state index in [4.69, 9.17) is 0 Å². The van der Waals surface area contributed by atoms with Crippen LogP contribution in [0.25, 0.3) is 0 Å². The maximum Gasteiger partial charge on any atom is 0.307 e. The third-order valence-electron chi connectivity index (χ3n) is 2.78. The SMILES string of the molecule is COC(=O)CC1CC(=O)N2CCNC2N1. The maximum absolute atomic E-state index is 11.6. The molecule has 0 aromatic carbocycles. The van der Waals surface area contributed by atoms with Crippen LogP contribution in [0.1, 0.15) is 12.8 Å². The summed E-state index contributed by atoms with van der Waals surface area (Å²) in [5.41, 5.74) is 0. The quantitative estimate of drug-likeness (QED) is 0.554. The van der Waals surface area contributed by atoms with Crippen LogP contribution < -0.4 is 10.6 Å². The van der Waals surface area contributed by atoms with E-state index in [0.29, 0.717) is 6.42 Å². The predicted octanol–water partition coefficient (Wildman–Crippen LogP) is -1.37. The van der Waals surface area contributed by atoms with Gasteiger partial charge in [0.2, 0.25) is 5.91 Å². The molecule has 2 fully saturated rings. The summed E-state index contributed by atoms with van der Waals surface area (Å²) in [5.74, 6) is -0.190. The van der Waals surface area contributed by atoms with Crippen molar-refractivity contribution >= 4 is 11.9 Å². The van der Waals surface area contributed by atoms with Gasteiger partial charge in [-0.3, -0.25) is 20.2 Å². The van der Waals surface area contributed by atoms with E-state index < -0.39 is 0 Å². The number of fused-ring (bicyclic) bond motifs is 1. The fourth-order valence-corrected chi connectivity index (χ4v) is 2.00. The molecule has 2 aliphatic rings. The van der Waals surface area contributed by atoms with Crippen molar-refractivity contribution in [3.8, 4) is 0 Å². The van der Waals surface area contributed by atoms with E-state index in [9.17, 15) is 9.59 Å². The number of nitrogens with one attached hydrogen (secondary N) is 2. The zero-order valence-corrected chi connectivity index (χ0v) is 8.66. The molecular formula is C9H15N3O3. The topological polar surface area (TPSA) is 70.7 Å². The fraction of sp³-hybridized carbons (Fsp3) is 0.778. The Morgan fingerprint density at radius 1 is 1.67 bits per heavy atom. The molecular weight excluding hydrogens is 198 g/mol. The molecule has 15 heavy (non-hydrogen) atoms.